The molecule has 0 heterocycles. The molecule has 5 aromatic carbocycles. The Kier molecular flexibility index (Phi) is 3.71. The molecule has 27 heavy (non-hydrogen) atoms. The molecule has 0 unspecified atom stereocenters. The van der Waals surface area contributed by atoms with Crippen LogP contribution in [0, 0.1) is 0 Å². The zero-order chi connectivity index (χ0) is 18.4. The first kappa shape index (κ1) is 16.1. The van der Waals surface area contributed by atoms with Crippen molar-refractivity contribution < 1.29 is 10.0 Å². The molecule has 0 aliphatic heterocycles. The van der Waals surface area contributed by atoms with E-state index in [9.17, 15) is 10.0 Å². The third-order valence-corrected chi connectivity index (χ3v) is 5.26. The Labute approximate surface area is 157 Å². The average Bonchev–Trinajstić information content (AvgIpc) is 2.73. The molecule has 0 atom stereocenters. The lowest BCUT2D eigenvalue weighted by atomic mass is 9.78. The van der Waals surface area contributed by atoms with Gasteiger partial charge in [0.2, 0.25) is 0 Å². The van der Waals surface area contributed by atoms with Crippen molar-refractivity contribution in [2.75, 3.05) is 0 Å². The van der Waals surface area contributed by atoms with Crippen LogP contribution in [0.5, 0.6) is 0 Å². The van der Waals surface area contributed by atoms with E-state index in [0.29, 0.717) is 5.46 Å². The number of rotatable bonds is 2. The summed E-state index contributed by atoms with van der Waals surface area (Å²) in [4.78, 5) is 0. The van der Waals surface area contributed by atoms with Crippen molar-refractivity contribution in [3.05, 3.63) is 91.0 Å². The van der Waals surface area contributed by atoms with Gasteiger partial charge in [0.25, 0.3) is 0 Å². The summed E-state index contributed by atoms with van der Waals surface area (Å²) in [5, 5.41) is 26.5. The summed E-state index contributed by atoms with van der Waals surface area (Å²) in [5.74, 6) is 0. The van der Waals surface area contributed by atoms with Crippen molar-refractivity contribution in [1.82, 2.24) is 0 Å². The second-order valence-electron chi connectivity index (χ2n) is 6.82. The van der Waals surface area contributed by atoms with Gasteiger partial charge >= 0.3 is 7.12 Å². The highest BCUT2D eigenvalue weighted by atomic mass is 16.4. The monoisotopic (exact) mass is 348 g/mol. The first-order valence-corrected chi connectivity index (χ1v) is 9.03. The zero-order valence-corrected chi connectivity index (χ0v) is 14.6. The Morgan fingerprint density at radius 1 is 0.519 bits per heavy atom. The SMILES string of the molecule is OB(O)c1cccc(-c2cccc3c4ccccc4c4ccccc4c23)c1. The van der Waals surface area contributed by atoms with Crippen molar-refractivity contribution in [3.63, 3.8) is 0 Å². The van der Waals surface area contributed by atoms with Gasteiger partial charge < -0.3 is 10.0 Å². The molecule has 0 aromatic heterocycles. The summed E-state index contributed by atoms with van der Waals surface area (Å²) in [5.41, 5.74) is 2.57. The Morgan fingerprint density at radius 2 is 1.04 bits per heavy atom. The summed E-state index contributed by atoms with van der Waals surface area (Å²) in [6, 6.07) is 30.8. The largest absolute Gasteiger partial charge is 0.488 e. The van der Waals surface area contributed by atoms with Crippen LogP contribution in [0.15, 0.2) is 91.0 Å². The van der Waals surface area contributed by atoms with Gasteiger partial charge in [0.05, 0.1) is 0 Å². The average molecular weight is 348 g/mol. The van der Waals surface area contributed by atoms with E-state index >= 15 is 0 Å². The van der Waals surface area contributed by atoms with Crippen molar-refractivity contribution in [3.8, 4) is 11.1 Å². The van der Waals surface area contributed by atoms with E-state index in [4.69, 9.17) is 0 Å². The minimum absolute atomic E-state index is 0.495. The normalized spacial score (nSPS) is 11.3. The van der Waals surface area contributed by atoms with Crippen molar-refractivity contribution in [2.45, 2.75) is 0 Å². The van der Waals surface area contributed by atoms with Crippen molar-refractivity contribution in [1.29, 1.82) is 0 Å². The molecule has 0 bridgehead atoms. The van der Waals surface area contributed by atoms with Crippen LogP contribution in [-0.4, -0.2) is 17.2 Å². The Bertz CT molecular complexity index is 1260. The lowest BCUT2D eigenvalue weighted by molar-refractivity contribution is 0.426. The van der Waals surface area contributed by atoms with Gasteiger partial charge in [-0.15, -0.1) is 0 Å². The third-order valence-electron chi connectivity index (χ3n) is 5.26. The van der Waals surface area contributed by atoms with Gasteiger partial charge in [-0.3, -0.25) is 0 Å². The van der Waals surface area contributed by atoms with Crippen LogP contribution in [-0.2, 0) is 0 Å². The zero-order valence-electron chi connectivity index (χ0n) is 14.6. The standard InChI is InChI=1S/C24H17BO2/c26-25(27)17-8-5-7-16(15-17)18-13-6-14-23-21-10-2-1-9-19(21)20-11-3-4-12-22(20)24(18)23/h1-15,26-27H. The molecule has 0 spiro atoms. The summed E-state index contributed by atoms with van der Waals surface area (Å²) in [6.45, 7) is 0. The van der Waals surface area contributed by atoms with E-state index < -0.39 is 7.12 Å². The maximum Gasteiger partial charge on any atom is 0.488 e. The maximum atomic E-state index is 9.58. The molecule has 2 nitrogen and oxygen atoms in total. The van der Waals surface area contributed by atoms with E-state index in [1.807, 2.05) is 18.2 Å². The molecule has 128 valence electrons. The van der Waals surface area contributed by atoms with Crippen molar-refractivity contribution >= 4 is 44.9 Å². The third kappa shape index (κ3) is 2.52. The van der Waals surface area contributed by atoms with Crippen LogP contribution in [0.4, 0.5) is 0 Å². The van der Waals surface area contributed by atoms with Crippen LogP contribution < -0.4 is 5.46 Å². The first-order chi connectivity index (χ1) is 13.2. The van der Waals surface area contributed by atoms with Gasteiger partial charge in [0.15, 0.2) is 0 Å². The number of hydrogen-bond donors (Lipinski definition) is 2. The van der Waals surface area contributed by atoms with E-state index in [1.54, 1.807) is 6.07 Å². The van der Waals surface area contributed by atoms with E-state index in [0.717, 1.165) is 11.1 Å². The smallest absolute Gasteiger partial charge is 0.423 e. The minimum atomic E-state index is -1.47. The van der Waals surface area contributed by atoms with Gasteiger partial charge in [-0.2, -0.15) is 0 Å². The van der Waals surface area contributed by atoms with Gasteiger partial charge in [0, 0.05) is 0 Å². The first-order valence-electron chi connectivity index (χ1n) is 9.03. The highest BCUT2D eigenvalue weighted by molar-refractivity contribution is 6.58. The van der Waals surface area contributed by atoms with Gasteiger partial charge in [0.1, 0.15) is 0 Å². The maximum absolute atomic E-state index is 9.58. The molecule has 2 N–H and O–H groups in total. The molecular formula is C24H17BO2. The molecule has 3 heteroatoms. The molecule has 0 saturated heterocycles. The van der Waals surface area contributed by atoms with Gasteiger partial charge in [-0.25, -0.2) is 0 Å². The molecule has 0 radical (unpaired) electrons. The number of fused-ring (bicyclic) bond motifs is 6. The molecule has 0 saturated carbocycles. The van der Waals surface area contributed by atoms with Gasteiger partial charge in [-0.05, 0) is 48.9 Å². The van der Waals surface area contributed by atoms with E-state index in [2.05, 4.69) is 66.7 Å². The minimum Gasteiger partial charge on any atom is -0.423 e. The second kappa shape index (κ2) is 6.24. The molecule has 0 aliphatic rings. The lowest BCUT2D eigenvalue weighted by Gasteiger charge is -2.14. The fourth-order valence-corrected chi connectivity index (χ4v) is 4.06. The van der Waals surface area contributed by atoms with Crippen LogP contribution in [0.1, 0.15) is 0 Å². The summed E-state index contributed by atoms with van der Waals surface area (Å²) < 4.78 is 0. The highest BCUT2D eigenvalue weighted by Gasteiger charge is 2.15. The summed E-state index contributed by atoms with van der Waals surface area (Å²) in [6.07, 6.45) is 0. The predicted octanol–water partition coefficient (Wildman–Crippen LogP) is 4.49. The topological polar surface area (TPSA) is 40.5 Å². The van der Waals surface area contributed by atoms with E-state index in [-0.39, 0.29) is 0 Å². The molecule has 0 amide bonds. The molecule has 5 rings (SSSR count). The fraction of sp³-hybridized carbons (Fsp3) is 0. The van der Waals surface area contributed by atoms with Crippen molar-refractivity contribution in [2.24, 2.45) is 0 Å². The highest BCUT2D eigenvalue weighted by Crippen LogP contribution is 2.39. The van der Waals surface area contributed by atoms with Crippen LogP contribution in [0.25, 0.3) is 43.4 Å². The molecule has 0 aliphatic carbocycles. The molecule has 5 aromatic rings. The lowest BCUT2D eigenvalue weighted by Crippen LogP contribution is -2.29. The van der Waals surface area contributed by atoms with E-state index in [1.165, 1.54) is 32.3 Å². The number of hydrogen-bond acceptors (Lipinski definition) is 2. The Hall–Kier alpha value is -3.14. The Balaban J connectivity index is 1.97. The summed E-state index contributed by atoms with van der Waals surface area (Å²) in [7, 11) is -1.47. The Morgan fingerprint density at radius 3 is 1.67 bits per heavy atom. The number of benzene rings is 5. The van der Waals surface area contributed by atoms with Gasteiger partial charge in [-0.1, -0.05) is 91.0 Å². The van der Waals surface area contributed by atoms with Crippen LogP contribution in [0.2, 0.25) is 0 Å². The van der Waals surface area contributed by atoms with Crippen LogP contribution in [0.3, 0.4) is 0 Å². The second-order valence-corrected chi connectivity index (χ2v) is 6.82. The quantitative estimate of drug-likeness (QED) is 0.364. The molecular weight excluding hydrogens is 331 g/mol. The summed E-state index contributed by atoms with van der Waals surface area (Å²) >= 11 is 0. The fourth-order valence-electron chi connectivity index (χ4n) is 4.06. The molecule has 0 fully saturated rings. The predicted molar refractivity (Wildman–Crippen MR) is 114 cm³/mol. The van der Waals surface area contributed by atoms with Crippen LogP contribution >= 0.6 is 0 Å².